The van der Waals surface area contributed by atoms with E-state index in [-0.39, 0.29) is 0 Å². The molecule has 68 valence electrons. The third-order valence-electron chi connectivity index (χ3n) is 2.00. The van der Waals surface area contributed by atoms with Gasteiger partial charge in [-0.1, -0.05) is 31.5 Å². The molecule has 1 unspecified atom stereocenters. The van der Waals surface area contributed by atoms with Crippen LogP contribution in [0.5, 0.6) is 0 Å². The van der Waals surface area contributed by atoms with Crippen molar-refractivity contribution < 1.29 is 5.11 Å². The van der Waals surface area contributed by atoms with Crippen molar-refractivity contribution in [1.29, 1.82) is 5.26 Å². The monoisotopic (exact) mass is 175 g/mol. The van der Waals surface area contributed by atoms with Gasteiger partial charge in [0.05, 0.1) is 17.7 Å². The highest BCUT2D eigenvalue weighted by Gasteiger charge is 2.09. The molecule has 0 spiro atoms. The lowest BCUT2D eigenvalue weighted by molar-refractivity contribution is 0.166. The molecule has 0 aliphatic heterocycles. The van der Waals surface area contributed by atoms with E-state index in [4.69, 9.17) is 5.26 Å². The van der Waals surface area contributed by atoms with Crippen LogP contribution in [-0.2, 0) is 0 Å². The van der Waals surface area contributed by atoms with Gasteiger partial charge in [-0.15, -0.1) is 0 Å². The first-order valence-electron chi connectivity index (χ1n) is 4.46. The van der Waals surface area contributed by atoms with E-state index in [0.29, 0.717) is 12.0 Å². The lowest BCUT2D eigenvalue weighted by Crippen LogP contribution is -1.99. The summed E-state index contributed by atoms with van der Waals surface area (Å²) in [6, 6.07) is 9.26. The van der Waals surface area contributed by atoms with Gasteiger partial charge in [0.2, 0.25) is 0 Å². The SMILES string of the molecule is CCCC(O)c1ccccc1C#N. The minimum atomic E-state index is -0.499. The zero-order valence-electron chi connectivity index (χ0n) is 7.70. The predicted molar refractivity (Wildman–Crippen MR) is 51.0 cm³/mol. The Kier molecular flexibility index (Phi) is 3.48. The van der Waals surface area contributed by atoms with E-state index < -0.39 is 6.10 Å². The van der Waals surface area contributed by atoms with Crippen molar-refractivity contribution in [3.63, 3.8) is 0 Å². The molecule has 1 atom stereocenters. The Balaban J connectivity index is 2.93. The summed E-state index contributed by atoms with van der Waals surface area (Å²) in [6.07, 6.45) is 1.13. The summed E-state index contributed by atoms with van der Waals surface area (Å²) in [7, 11) is 0. The molecule has 2 nitrogen and oxygen atoms in total. The summed E-state index contributed by atoms with van der Waals surface area (Å²) < 4.78 is 0. The number of nitrogens with zero attached hydrogens (tertiary/aromatic N) is 1. The van der Waals surface area contributed by atoms with E-state index in [2.05, 4.69) is 6.07 Å². The van der Waals surface area contributed by atoms with Gasteiger partial charge >= 0.3 is 0 Å². The van der Waals surface area contributed by atoms with E-state index in [1.807, 2.05) is 13.0 Å². The van der Waals surface area contributed by atoms with Crippen molar-refractivity contribution in [2.24, 2.45) is 0 Å². The molecule has 1 rings (SSSR count). The molecule has 0 fully saturated rings. The fourth-order valence-corrected chi connectivity index (χ4v) is 1.32. The maximum atomic E-state index is 9.68. The second kappa shape index (κ2) is 4.64. The molecule has 13 heavy (non-hydrogen) atoms. The minimum absolute atomic E-state index is 0.499. The molecule has 1 aromatic carbocycles. The second-order valence-electron chi connectivity index (χ2n) is 3.00. The molecule has 0 heterocycles. The van der Waals surface area contributed by atoms with Crippen molar-refractivity contribution in [3.8, 4) is 6.07 Å². The Labute approximate surface area is 78.4 Å². The molecule has 0 aliphatic carbocycles. The molecule has 0 aliphatic rings. The number of nitriles is 1. The van der Waals surface area contributed by atoms with Crippen molar-refractivity contribution in [3.05, 3.63) is 35.4 Å². The van der Waals surface area contributed by atoms with E-state index in [0.717, 1.165) is 12.0 Å². The summed E-state index contributed by atoms with van der Waals surface area (Å²) in [4.78, 5) is 0. The van der Waals surface area contributed by atoms with E-state index in [1.165, 1.54) is 0 Å². The number of aliphatic hydroxyl groups excluding tert-OH is 1. The summed E-state index contributed by atoms with van der Waals surface area (Å²) in [6.45, 7) is 2.01. The zero-order valence-corrected chi connectivity index (χ0v) is 7.70. The third kappa shape index (κ3) is 2.30. The molecule has 0 amide bonds. The smallest absolute Gasteiger partial charge is 0.0995 e. The highest BCUT2D eigenvalue weighted by Crippen LogP contribution is 2.21. The molecule has 0 saturated heterocycles. The second-order valence-corrected chi connectivity index (χ2v) is 3.00. The average molecular weight is 175 g/mol. The fourth-order valence-electron chi connectivity index (χ4n) is 1.32. The maximum Gasteiger partial charge on any atom is 0.0995 e. The van der Waals surface area contributed by atoms with Crippen molar-refractivity contribution in [2.75, 3.05) is 0 Å². The first-order chi connectivity index (χ1) is 6.29. The normalized spacial score (nSPS) is 12.1. The molecular weight excluding hydrogens is 162 g/mol. The van der Waals surface area contributed by atoms with Gasteiger partial charge in [0.25, 0.3) is 0 Å². The number of hydrogen-bond acceptors (Lipinski definition) is 2. The molecule has 2 heteroatoms. The standard InChI is InChI=1S/C11H13NO/c1-2-5-11(13)10-7-4-3-6-9(10)8-12/h3-4,6-7,11,13H,2,5H2,1H3. The van der Waals surface area contributed by atoms with Crippen LogP contribution in [0.25, 0.3) is 0 Å². The van der Waals surface area contributed by atoms with Crippen molar-refractivity contribution >= 4 is 0 Å². The number of benzene rings is 1. The summed E-state index contributed by atoms with van der Waals surface area (Å²) >= 11 is 0. The van der Waals surface area contributed by atoms with Crippen LogP contribution in [0.2, 0.25) is 0 Å². The van der Waals surface area contributed by atoms with Crippen LogP contribution in [0.3, 0.4) is 0 Å². The Bertz CT molecular complexity index is 314. The van der Waals surface area contributed by atoms with Crippen LogP contribution >= 0.6 is 0 Å². The van der Waals surface area contributed by atoms with Crippen LogP contribution in [0.4, 0.5) is 0 Å². The lowest BCUT2D eigenvalue weighted by atomic mass is 10.0. The molecule has 0 saturated carbocycles. The summed E-state index contributed by atoms with van der Waals surface area (Å²) in [5.41, 5.74) is 1.32. The lowest BCUT2D eigenvalue weighted by Gasteiger charge is -2.10. The van der Waals surface area contributed by atoms with Gasteiger partial charge in [0, 0.05) is 0 Å². The highest BCUT2D eigenvalue weighted by atomic mass is 16.3. The van der Waals surface area contributed by atoms with Crippen LogP contribution in [-0.4, -0.2) is 5.11 Å². The van der Waals surface area contributed by atoms with Gasteiger partial charge in [-0.05, 0) is 18.1 Å². The first-order valence-corrected chi connectivity index (χ1v) is 4.46. The van der Waals surface area contributed by atoms with Crippen molar-refractivity contribution in [2.45, 2.75) is 25.9 Å². The molecule has 1 aromatic rings. The minimum Gasteiger partial charge on any atom is -0.388 e. The number of hydrogen-bond donors (Lipinski definition) is 1. The van der Waals surface area contributed by atoms with Gasteiger partial charge in [-0.3, -0.25) is 0 Å². The molecular formula is C11H13NO. The number of rotatable bonds is 3. The summed E-state index contributed by atoms with van der Waals surface area (Å²) in [5.74, 6) is 0. The fraction of sp³-hybridized carbons (Fsp3) is 0.364. The van der Waals surface area contributed by atoms with Gasteiger partial charge in [-0.25, -0.2) is 0 Å². The average Bonchev–Trinajstić information content (AvgIpc) is 2.18. The van der Waals surface area contributed by atoms with Crippen molar-refractivity contribution in [1.82, 2.24) is 0 Å². The van der Waals surface area contributed by atoms with E-state index in [9.17, 15) is 5.11 Å². The van der Waals surface area contributed by atoms with Gasteiger partial charge < -0.3 is 5.11 Å². The maximum absolute atomic E-state index is 9.68. The van der Waals surface area contributed by atoms with Gasteiger partial charge in [0.1, 0.15) is 0 Å². The van der Waals surface area contributed by atoms with Crippen LogP contribution in [0.15, 0.2) is 24.3 Å². The molecule has 1 N–H and O–H groups in total. The topological polar surface area (TPSA) is 44.0 Å². The third-order valence-corrected chi connectivity index (χ3v) is 2.00. The Morgan fingerprint density at radius 2 is 2.15 bits per heavy atom. The molecule has 0 aromatic heterocycles. The highest BCUT2D eigenvalue weighted by molar-refractivity contribution is 5.38. The largest absolute Gasteiger partial charge is 0.388 e. The quantitative estimate of drug-likeness (QED) is 0.766. The Morgan fingerprint density at radius 1 is 1.46 bits per heavy atom. The van der Waals surface area contributed by atoms with Crippen LogP contribution in [0, 0.1) is 11.3 Å². The van der Waals surface area contributed by atoms with Crippen LogP contribution < -0.4 is 0 Å². The summed E-state index contributed by atoms with van der Waals surface area (Å²) in [5, 5.41) is 18.5. The zero-order chi connectivity index (χ0) is 9.68. The Hall–Kier alpha value is -1.33. The molecule has 0 bridgehead atoms. The number of aliphatic hydroxyl groups is 1. The van der Waals surface area contributed by atoms with Gasteiger partial charge in [-0.2, -0.15) is 5.26 Å². The van der Waals surface area contributed by atoms with Crippen LogP contribution in [0.1, 0.15) is 37.0 Å². The molecule has 0 radical (unpaired) electrons. The van der Waals surface area contributed by atoms with E-state index in [1.54, 1.807) is 18.2 Å². The Morgan fingerprint density at radius 3 is 2.77 bits per heavy atom. The predicted octanol–water partition coefficient (Wildman–Crippen LogP) is 2.39. The first kappa shape index (κ1) is 9.76. The van der Waals surface area contributed by atoms with E-state index >= 15 is 0 Å². The van der Waals surface area contributed by atoms with Gasteiger partial charge in [0.15, 0.2) is 0 Å².